The minimum absolute atomic E-state index is 0.146. The van der Waals surface area contributed by atoms with Crippen molar-refractivity contribution in [3.05, 3.63) is 54.1 Å². The van der Waals surface area contributed by atoms with Crippen LogP contribution in [0.4, 0.5) is 11.4 Å². The molecule has 0 atom stereocenters. The van der Waals surface area contributed by atoms with Crippen molar-refractivity contribution in [3.8, 4) is 0 Å². The van der Waals surface area contributed by atoms with Crippen molar-refractivity contribution in [2.45, 2.75) is 23.8 Å². The molecule has 0 radical (unpaired) electrons. The van der Waals surface area contributed by atoms with Gasteiger partial charge in [-0.15, -0.1) is 4.40 Å². The molecule has 2 aromatic carbocycles. The number of nitrogens with one attached hydrogen (secondary N) is 1. The predicted octanol–water partition coefficient (Wildman–Crippen LogP) is 2.64. The Bertz CT molecular complexity index is 935. The highest BCUT2D eigenvalue weighted by molar-refractivity contribution is 7.90. The van der Waals surface area contributed by atoms with Gasteiger partial charge >= 0.3 is 0 Å². The van der Waals surface area contributed by atoms with E-state index in [0.717, 1.165) is 12.8 Å². The van der Waals surface area contributed by atoms with Crippen LogP contribution in [0, 0.1) is 0 Å². The maximum atomic E-state index is 12.4. The number of nitrogens with zero attached hydrogens (tertiary/aromatic N) is 2. The van der Waals surface area contributed by atoms with Crippen molar-refractivity contribution in [2.24, 2.45) is 4.40 Å². The molecule has 122 valence electrons. The van der Waals surface area contributed by atoms with Crippen LogP contribution in [0.5, 0.6) is 0 Å². The molecule has 0 unspecified atom stereocenters. The highest BCUT2D eigenvalue weighted by atomic mass is 32.2. The first-order chi connectivity index (χ1) is 11.5. The van der Waals surface area contributed by atoms with Crippen molar-refractivity contribution in [1.82, 2.24) is 0 Å². The van der Waals surface area contributed by atoms with E-state index in [2.05, 4.69) is 9.71 Å². The average Bonchev–Trinajstić information content (AvgIpc) is 3.40. The van der Waals surface area contributed by atoms with Crippen LogP contribution >= 0.6 is 0 Å². The van der Waals surface area contributed by atoms with E-state index in [1.54, 1.807) is 18.2 Å². The Balaban J connectivity index is 1.70. The third kappa shape index (κ3) is 2.67. The van der Waals surface area contributed by atoms with E-state index in [4.69, 9.17) is 0 Å². The number of rotatable bonds is 3. The second kappa shape index (κ2) is 5.45. The largest absolute Gasteiger partial charge is 0.327 e. The van der Waals surface area contributed by atoms with E-state index in [0.29, 0.717) is 16.9 Å². The molecule has 24 heavy (non-hydrogen) atoms. The van der Waals surface area contributed by atoms with Crippen LogP contribution < -0.4 is 10.2 Å². The molecule has 2 aromatic rings. The zero-order chi connectivity index (χ0) is 16.7. The van der Waals surface area contributed by atoms with Gasteiger partial charge in [0.05, 0.1) is 5.69 Å². The van der Waals surface area contributed by atoms with Crippen molar-refractivity contribution >= 4 is 33.6 Å². The number of fused-ring (bicyclic) bond motifs is 1. The normalized spacial score (nSPS) is 18.1. The molecule has 1 heterocycles. The van der Waals surface area contributed by atoms with Gasteiger partial charge in [0.15, 0.2) is 0 Å². The second-order valence-electron chi connectivity index (χ2n) is 5.84. The molecular weight excluding hydrogens is 326 g/mol. The van der Waals surface area contributed by atoms with Gasteiger partial charge in [-0.3, -0.25) is 4.79 Å². The summed E-state index contributed by atoms with van der Waals surface area (Å²) in [6, 6.07) is 14.0. The maximum absolute atomic E-state index is 12.4. The van der Waals surface area contributed by atoms with E-state index in [1.165, 1.54) is 18.5 Å². The van der Waals surface area contributed by atoms with Crippen molar-refractivity contribution < 1.29 is 13.2 Å². The fourth-order valence-electron chi connectivity index (χ4n) is 2.68. The Kier molecular flexibility index (Phi) is 3.38. The summed E-state index contributed by atoms with van der Waals surface area (Å²) in [7, 11) is -3.69. The summed E-state index contributed by atoms with van der Waals surface area (Å²) in [5, 5.41) is 2.80. The van der Waals surface area contributed by atoms with Gasteiger partial charge in [-0.2, -0.15) is 8.42 Å². The molecule has 1 N–H and O–H groups in total. The monoisotopic (exact) mass is 341 g/mol. The first kappa shape index (κ1) is 14.9. The Morgan fingerprint density at radius 1 is 1.12 bits per heavy atom. The van der Waals surface area contributed by atoms with Crippen LogP contribution in [0.3, 0.4) is 0 Å². The molecule has 2 aliphatic rings. The summed E-state index contributed by atoms with van der Waals surface area (Å²) in [6.07, 6.45) is 3.34. The summed E-state index contributed by atoms with van der Waals surface area (Å²) < 4.78 is 27.9. The van der Waals surface area contributed by atoms with Crippen molar-refractivity contribution in [2.75, 3.05) is 10.2 Å². The van der Waals surface area contributed by atoms with Gasteiger partial charge < -0.3 is 10.2 Å². The zero-order valence-corrected chi connectivity index (χ0v) is 13.5. The fourth-order valence-corrected chi connectivity index (χ4v) is 3.69. The van der Waals surface area contributed by atoms with E-state index in [9.17, 15) is 13.2 Å². The number of anilines is 2. The average molecular weight is 341 g/mol. The fraction of sp³-hybridized carbons (Fsp3) is 0.176. The molecule has 1 aliphatic carbocycles. The molecule has 1 aliphatic heterocycles. The molecule has 0 bridgehead atoms. The number of carbonyl (C=O) groups excluding carboxylic acids is 1. The van der Waals surface area contributed by atoms with Gasteiger partial charge in [0, 0.05) is 17.3 Å². The third-order valence-corrected chi connectivity index (χ3v) is 5.33. The Morgan fingerprint density at radius 3 is 2.58 bits per heavy atom. The summed E-state index contributed by atoms with van der Waals surface area (Å²) in [5.74, 6) is -0.278. The van der Waals surface area contributed by atoms with Gasteiger partial charge in [0.25, 0.3) is 15.9 Å². The van der Waals surface area contributed by atoms with E-state index >= 15 is 0 Å². The summed E-state index contributed by atoms with van der Waals surface area (Å²) in [6.45, 7) is 0. The van der Waals surface area contributed by atoms with E-state index < -0.39 is 10.0 Å². The predicted molar refractivity (Wildman–Crippen MR) is 92.0 cm³/mol. The first-order valence-electron chi connectivity index (χ1n) is 7.64. The molecule has 1 saturated carbocycles. The Hall–Kier alpha value is -2.67. The van der Waals surface area contributed by atoms with Crippen LogP contribution in [0.1, 0.15) is 23.2 Å². The number of hydrogen-bond donors (Lipinski definition) is 1. The van der Waals surface area contributed by atoms with Crippen molar-refractivity contribution in [3.63, 3.8) is 0 Å². The third-order valence-electron chi connectivity index (χ3n) is 4.06. The lowest BCUT2D eigenvalue weighted by molar-refractivity contribution is 0.102. The second-order valence-corrected chi connectivity index (χ2v) is 7.44. The van der Waals surface area contributed by atoms with Crippen LogP contribution in [0.2, 0.25) is 0 Å². The lowest BCUT2D eigenvalue weighted by atomic mass is 10.1. The topological polar surface area (TPSA) is 78.8 Å². The number of para-hydroxylation sites is 1. The number of hydrogen-bond acceptors (Lipinski definition) is 4. The van der Waals surface area contributed by atoms with Crippen LogP contribution in [-0.4, -0.2) is 26.7 Å². The quantitative estimate of drug-likeness (QED) is 0.931. The van der Waals surface area contributed by atoms with Gasteiger partial charge in [-0.25, -0.2) is 0 Å². The van der Waals surface area contributed by atoms with E-state index in [-0.39, 0.29) is 16.8 Å². The molecule has 7 heteroatoms. The zero-order valence-electron chi connectivity index (χ0n) is 12.7. The smallest absolute Gasteiger partial charge is 0.285 e. The highest BCUT2D eigenvalue weighted by Gasteiger charge is 2.35. The van der Waals surface area contributed by atoms with Gasteiger partial charge in [0.1, 0.15) is 11.2 Å². The molecule has 1 amide bonds. The summed E-state index contributed by atoms with van der Waals surface area (Å²) >= 11 is 0. The SMILES string of the molecule is O=C(Nc1ccccc1)c1ccc2c(c1)N(C1CC1)C=NS2(=O)=O. The summed E-state index contributed by atoms with van der Waals surface area (Å²) in [5.41, 5.74) is 1.62. The number of sulfonamides is 1. The Labute approximate surface area is 139 Å². The Morgan fingerprint density at radius 2 is 1.88 bits per heavy atom. The van der Waals surface area contributed by atoms with Crippen LogP contribution in [0.25, 0.3) is 0 Å². The number of amides is 1. The molecule has 4 rings (SSSR count). The van der Waals surface area contributed by atoms with Crippen molar-refractivity contribution in [1.29, 1.82) is 0 Å². The van der Waals surface area contributed by atoms with Crippen LogP contribution in [-0.2, 0) is 10.0 Å². The molecule has 0 spiro atoms. The summed E-state index contributed by atoms with van der Waals surface area (Å²) in [4.78, 5) is 14.4. The highest BCUT2D eigenvalue weighted by Crippen LogP contribution is 2.38. The molecule has 6 nitrogen and oxygen atoms in total. The van der Waals surface area contributed by atoms with Gasteiger partial charge in [0.2, 0.25) is 0 Å². The first-order valence-corrected chi connectivity index (χ1v) is 9.08. The minimum atomic E-state index is -3.69. The standard InChI is InChI=1S/C17H15N3O3S/c21-17(19-13-4-2-1-3-5-13)12-6-9-16-15(10-12)20(14-7-8-14)11-18-24(16,22)23/h1-6,9-11,14H,7-8H2,(H,19,21). The lowest BCUT2D eigenvalue weighted by Gasteiger charge is -2.25. The number of benzene rings is 2. The van der Waals surface area contributed by atoms with Crippen LogP contribution in [0.15, 0.2) is 57.8 Å². The minimum Gasteiger partial charge on any atom is -0.327 e. The molecule has 1 fully saturated rings. The van der Waals surface area contributed by atoms with Gasteiger partial charge in [-0.1, -0.05) is 18.2 Å². The van der Waals surface area contributed by atoms with Gasteiger partial charge in [-0.05, 0) is 43.2 Å². The number of carbonyl (C=O) groups is 1. The molecule has 0 aromatic heterocycles. The molecular formula is C17H15N3O3S. The molecule has 0 saturated heterocycles. The lowest BCUT2D eigenvalue weighted by Crippen LogP contribution is -2.29. The maximum Gasteiger partial charge on any atom is 0.285 e. The van der Waals surface area contributed by atoms with E-state index in [1.807, 2.05) is 23.1 Å².